The molecule has 1 atom stereocenters. The number of hydrogen-bond acceptors (Lipinski definition) is 3. The largest absolute Gasteiger partial charge is 0.492 e. The fourth-order valence-corrected chi connectivity index (χ4v) is 4.23. The van der Waals surface area contributed by atoms with Crippen LogP contribution in [0.3, 0.4) is 0 Å². The Morgan fingerprint density at radius 3 is 2.52 bits per heavy atom. The van der Waals surface area contributed by atoms with Gasteiger partial charge in [0.25, 0.3) is 0 Å². The van der Waals surface area contributed by atoms with Crippen LogP contribution in [0.25, 0.3) is 0 Å². The van der Waals surface area contributed by atoms with Crippen molar-refractivity contribution in [3.05, 3.63) is 30.3 Å². The second kappa shape index (κ2) is 9.77. The summed E-state index contributed by atoms with van der Waals surface area (Å²) < 4.78 is 5.70. The maximum absolute atomic E-state index is 12.9. The maximum Gasteiger partial charge on any atom is 0.227 e. The maximum atomic E-state index is 12.9. The highest BCUT2D eigenvalue weighted by Crippen LogP contribution is 2.28. The van der Waals surface area contributed by atoms with Gasteiger partial charge >= 0.3 is 0 Å². The molecule has 5 heteroatoms. The summed E-state index contributed by atoms with van der Waals surface area (Å²) in [6.07, 6.45) is 8.29. The lowest BCUT2D eigenvalue weighted by Gasteiger charge is -2.38. The lowest BCUT2D eigenvalue weighted by molar-refractivity contribution is -0.144. The third-order valence-corrected chi connectivity index (χ3v) is 5.87. The molecule has 0 spiro atoms. The Bertz CT molecular complexity index is 611. The van der Waals surface area contributed by atoms with Crippen molar-refractivity contribution >= 4 is 11.8 Å². The van der Waals surface area contributed by atoms with Crippen molar-refractivity contribution in [1.29, 1.82) is 0 Å². The van der Waals surface area contributed by atoms with Crippen LogP contribution >= 0.6 is 0 Å². The monoisotopic (exact) mass is 372 g/mol. The molecule has 2 aliphatic rings. The third kappa shape index (κ3) is 5.47. The predicted octanol–water partition coefficient (Wildman–Crippen LogP) is 3.49. The van der Waals surface area contributed by atoms with Crippen molar-refractivity contribution in [3.8, 4) is 5.75 Å². The second-order valence-corrected chi connectivity index (χ2v) is 7.85. The van der Waals surface area contributed by atoms with Crippen LogP contribution in [-0.4, -0.2) is 54.4 Å². The van der Waals surface area contributed by atoms with Gasteiger partial charge in [-0.2, -0.15) is 0 Å². The smallest absolute Gasteiger partial charge is 0.227 e. The molecule has 1 aromatic carbocycles. The zero-order valence-electron chi connectivity index (χ0n) is 16.4. The number of carbonyl (C=O) groups excluding carboxylic acids is 2. The standard InChI is InChI=1S/C22H32N2O3/c1-23(15-16-27-20-11-7-4-8-12-20)22(26)18-13-14-21(25)24(17-18)19-9-5-2-3-6-10-19/h4,7-8,11-12,18-19H,2-3,5-6,9-10,13-17H2,1H3/t18-/m1/s1. The Morgan fingerprint density at radius 1 is 1.11 bits per heavy atom. The Kier molecular flexibility index (Phi) is 7.13. The average Bonchev–Trinajstić information content (AvgIpc) is 2.98. The number of piperidine rings is 1. The molecule has 1 aliphatic heterocycles. The van der Waals surface area contributed by atoms with E-state index in [-0.39, 0.29) is 17.7 Å². The van der Waals surface area contributed by atoms with E-state index in [0.717, 1.165) is 18.6 Å². The minimum atomic E-state index is -0.0762. The summed E-state index contributed by atoms with van der Waals surface area (Å²) in [7, 11) is 1.84. The van der Waals surface area contributed by atoms with Gasteiger partial charge < -0.3 is 14.5 Å². The molecule has 0 unspecified atom stereocenters. The van der Waals surface area contributed by atoms with Gasteiger partial charge in [0.2, 0.25) is 11.8 Å². The zero-order chi connectivity index (χ0) is 19.1. The highest BCUT2D eigenvalue weighted by atomic mass is 16.5. The van der Waals surface area contributed by atoms with Crippen molar-refractivity contribution in [2.75, 3.05) is 26.7 Å². The second-order valence-electron chi connectivity index (χ2n) is 7.85. The minimum Gasteiger partial charge on any atom is -0.492 e. The van der Waals surface area contributed by atoms with E-state index in [9.17, 15) is 9.59 Å². The fraction of sp³-hybridized carbons (Fsp3) is 0.636. The highest BCUT2D eigenvalue weighted by molar-refractivity contribution is 5.84. The van der Waals surface area contributed by atoms with Crippen LogP contribution in [0, 0.1) is 5.92 Å². The van der Waals surface area contributed by atoms with E-state index in [0.29, 0.717) is 38.6 Å². The first-order chi connectivity index (χ1) is 13.1. The SMILES string of the molecule is CN(CCOc1ccccc1)C(=O)[C@@H]1CCC(=O)N(C2CCCCCC2)C1. The van der Waals surface area contributed by atoms with Crippen molar-refractivity contribution in [2.24, 2.45) is 5.92 Å². The molecule has 5 nitrogen and oxygen atoms in total. The number of carbonyl (C=O) groups is 2. The Balaban J connectivity index is 1.50. The molecule has 1 saturated carbocycles. The van der Waals surface area contributed by atoms with Gasteiger partial charge in [-0.15, -0.1) is 0 Å². The topological polar surface area (TPSA) is 49.9 Å². The first-order valence-electron chi connectivity index (χ1n) is 10.4. The van der Waals surface area contributed by atoms with Gasteiger partial charge in [0.1, 0.15) is 12.4 Å². The molecule has 0 bridgehead atoms. The number of amides is 2. The summed E-state index contributed by atoms with van der Waals surface area (Å²) in [6, 6.07) is 9.99. The lowest BCUT2D eigenvalue weighted by atomic mass is 9.93. The van der Waals surface area contributed by atoms with Gasteiger partial charge in [-0.1, -0.05) is 43.9 Å². The van der Waals surface area contributed by atoms with Crippen LogP contribution in [-0.2, 0) is 9.59 Å². The summed E-state index contributed by atoms with van der Waals surface area (Å²) in [5.41, 5.74) is 0. The lowest BCUT2D eigenvalue weighted by Crippen LogP contribution is -2.50. The molecule has 2 fully saturated rings. The first kappa shape index (κ1) is 19.7. The van der Waals surface area contributed by atoms with E-state index in [1.165, 1.54) is 25.7 Å². The summed E-state index contributed by atoms with van der Waals surface area (Å²) in [5.74, 6) is 1.12. The van der Waals surface area contributed by atoms with Crippen LogP contribution in [0.2, 0.25) is 0 Å². The molecule has 3 rings (SSSR count). The Morgan fingerprint density at radius 2 is 1.81 bits per heavy atom. The molecule has 2 amide bonds. The van der Waals surface area contributed by atoms with Crippen molar-refractivity contribution in [1.82, 2.24) is 9.80 Å². The van der Waals surface area contributed by atoms with Crippen molar-refractivity contribution < 1.29 is 14.3 Å². The molecule has 27 heavy (non-hydrogen) atoms. The van der Waals surface area contributed by atoms with Crippen LogP contribution in [0.15, 0.2) is 30.3 Å². The Hall–Kier alpha value is -2.04. The van der Waals surface area contributed by atoms with Gasteiger partial charge in [-0.05, 0) is 31.4 Å². The minimum absolute atomic E-state index is 0.0762. The van der Waals surface area contributed by atoms with Gasteiger partial charge in [-0.3, -0.25) is 9.59 Å². The molecule has 1 saturated heterocycles. The summed E-state index contributed by atoms with van der Waals surface area (Å²) in [4.78, 5) is 29.1. The number of nitrogens with zero attached hydrogens (tertiary/aromatic N) is 2. The average molecular weight is 373 g/mol. The van der Waals surface area contributed by atoms with Crippen LogP contribution in [0.5, 0.6) is 5.75 Å². The molecule has 1 aromatic rings. The summed E-state index contributed by atoms with van der Waals surface area (Å²) >= 11 is 0. The van der Waals surface area contributed by atoms with E-state index in [1.54, 1.807) is 4.90 Å². The summed E-state index contributed by atoms with van der Waals surface area (Å²) in [5, 5.41) is 0. The first-order valence-corrected chi connectivity index (χ1v) is 10.4. The van der Waals surface area contributed by atoms with Crippen LogP contribution < -0.4 is 4.74 Å². The molecular weight excluding hydrogens is 340 g/mol. The number of likely N-dealkylation sites (N-methyl/N-ethyl adjacent to an activating group) is 1. The zero-order valence-corrected chi connectivity index (χ0v) is 16.4. The summed E-state index contributed by atoms with van der Waals surface area (Å²) in [6.45, 7) is 1.62. The molecule has 0 N–H and O–H groups in total. The van der Waals surface area contributed by atoms with E-state index < -0.39 is 0 Å². The van der Waals surface area contributed by atoms with Gasteiger partial charge in [0, 0.05) is 26.1 Å². The molecule has 148 valence electrons. The third-order valence-electron chi connectivity index (χ3n) is 5.87. The molecule has 0 aromatic heterocycles. The van der Waals surface area contributed by atoms with Gasteiger partial charge in [-0.25, -0.2) is 0 Å². The fourth-order valence-electron chi connectivity index (χ4n) is 4.23. The van der Waals surface area contributed by atoms with Crippen LogP contribution in [0.4, 0.5) is 0 Å². The van der Waals surface area contributed by atoms with Crippen LogP contribution in [0.1, 0.15) is 51.4 Å². The number of ether oxygens (including phenoxy) is 1. The predicted molar refractivity (Wildman–Crippen MR) is 106 cm³/mol. The number of hydrogen-bond donors (Lipinski definition) is 0. The number of rotatable bonds is 6. The number of para-hydroxylation sites is 1. The highest BCUT2D eigenvalue weighted by Gasteiger charge is 2.35. The van der Waals surface area contributed by atoms with Gasteiger partial charge in [0.05, 0.1) is 12.5 Å². The molecule has 1 aliphatic carbocycles. The molecule has 0 radical (unpaired) electrons. The van der Waals surface area contributed by atoms with Crippen molar-refractivity contribution in [2.45, 2.75) is 57.4 Å². The van der Waals surface area contributed by atoms with E-state index in [2.05, 4.69) is 0 Å². The molecule has 1 heterocycles. The molecular formula is C22H32N2O3. The number of benzene rings is 1. The quantitative estimate of drug-likeness (QED) is 0.718. The van der Waals surface area contributed by atoms with Gasteiger partial charge in [0.15, 0.2) is 0 Å². The Labute approximate surface area is 162 Å². The normalized spacial score (nSPS) is 21.6. The van der Waals surface area contributed by atoms with Crippen molar-refractivity contribution in [3.63, 3.8) is 0 Å². The van der Waals surface area contributed by atoms with E-state index in [4.69, 9.17) is 4.74 Å². The van der Waals surface area contributed by atoms with E-state index >= 15 is 0 Å². The van der Waals surface area contributed by atoms with E-state index in [1.807, 2.05) is 42.3 Å². The number of likely N-dealkylation sites (tertiary alicyclic amines) is 1.